The fourth-order valence-corrected chi connectivity index (χ4v) is 1.70. The summed E-state index contributed by atoms with van der Waals surface area (Å²) in [5, 5.41) is 8.24. The minimum atomic E-state index is -0.871. The Morgan fingerprint density at radius 2 is 2.25 bits per heavy atom. The lowest BCUT2D eigenvalue weighted by Crippen LogP contribution is -2.16. The Labute approximate surface area is 96.5 Å². The first kappa shape index (κ1) is 12.0. The van der Waals surface area contributed by atoms with Gasteiger partial charge in [0.15, 0.2) is 6.07 Å². The van der Waals surface area contributed by atoms with Crippen molar-refractivity contribution in [2.75, 3.05) is 6.61 Å². The smallest absolute Gasteiger partial charge is 0.380 e. The summed E-state index contributed by atoms with van der Waals surface area (Å²) in [6, 6.07) is 4.74. The standard InChI is InChI=1S/C11H7NO3S/c1-2-15-11(14)10(13)9-6-5-8(16-9)4-3-7-12/h5-6H,2H2,1H3. The molecule has 1 heterocycles. The second kappa shape index (κ2) is 5.69. The topological polar surface area (TPSA) is 67.2 Å². The summed E-state index contributed by atoms with van der Waals surface area (Å²) in [6.45, 7) is 1.79. The Bertz CT molecular complexity index is 513. The van der Waals surface area contributed by atoms with E-state index >= 15 is 0 Å². The van der Waals surface area contributed by atoms with Crippen LogP contribution in [-0.4, -0.2) is 18.4 Å². The van der Waals surface area contributed by atoms with Crippen LogP contribution in [-0.2, 0) is 9.53 Å². The van der Waals surface area contributed by atoms with Crippen molar-refractivity contribution in [2.45, 2.75) is 6.92 Å². The van der Waals surface area contributed by atoms with Crippen molar-refractivity contribution in [1.82, 2.24) is 0 Å². The maximum Gasteiger partial charge on any atom is 0.380 e. The first-order chi connectivity index (χ1) is 7.69. The summed E-state index contributed by atoms with van der Waals surface area (Å²) < 4.78 is 4.58. The van der Waals surface area contributed by atoms with Crippen LogP contribution in [0.4, 0.5) is 0 Å². The molecule has 0 radical (unpaired) electrons. The number of nitrogens with zero attached hydrogens (tertiary/aromatic N) is 1. The van der Waals surface area contributed by atoms with Gasteiger partial charge in [-0.25, -0.2) is 4.79 Å². The number of Topliss-reactive ketones (excluding diaryl/α,β-unsaturated/α-hetero) is 1. The van der Waals surface area contributed by atoms with Crippen molar-refractivity contribution in [3.05, 3.63) is 21.9 Å². The summed E-state index contributed by atoms with van der Waals surface area (Å²) in [4.78, 5) is 23.4. The highest BCUT2D eigenvalue weighted by atomic mass is 32.1. The number of ether oxygens (including phenoxy) is 1. The second-order valence-corrected chi connectivity index (χ2v) is 3.66. The van der Waals surface area contributed by atoms with Gasteiger partial charge in [0.1, 0.15) is 0 Å². The molecule has 0 amide bonds. The normalized spacial score (nSPS) is 8.50. The van der Waals surface area contributed by atoms with Gasteiger partial charge < -0.3 is 4.74 Å². The zero-order valence-corrected chi connectivity index (χ0v) is 9.26. The van der Waals surface area contributed by atoms with E-state index in [1.165, 1.54) is 6.07 Å². The van der Waals surface area contributed by atoms with E-state index in [1.807, 2.05) is 0 Å². The van der Waals surface area contributed by atoms with Crippen LogP contribution in [0, 0.1) is 23.2 Å². The molecule has 4 nitrogen and oxygen atoms in total. The maximum absolute atomic E-state index is 11.4. The average molecular weight is 233 g/mol. The van der Waals surface area contributed by atoms with E-state index < -0.39 is 11.8 Å². The van der Waals surface area contributed by atoms with Crippen molar-refractivity contribution in [3.8, 4) is 17.9 Å². The molecule has 0 aliphatic heterocycles. The number of carbonyl (C=O) groups excluding carboxylic acids is 2. The Hall–Kier alpha value is -2.11. The highest BCUT2D eigenvalue weighted by Crippen LogP contribution is 2.16. The lowest BCUT2D eigenvalue weighted by atomic mass is 10.3. The van der Waals surface area contributed by atoms with Gasteiger partial charge in [0.05, 0.1) is 16.4 Å². The third-order valence-electron chi connectivity index (χ3n) is 1.53. The van der Waals surface area contributed by atoms with Crippen molar-refractivity contribution in [3.63, 3.8) is 0 Å². The lowest BCUT2D eigenvalue weighted by molar-refractivity contribution is -0.137. The summed E-state index contributed by atoms with van der Waals surface area (Å²) >= 11 is 1.06. The van der Waals surface area contributed by atoms with Gasteiger partial charge in [-0.05, 0) is 25.0 Å². The van der Waals surface area contributed by atoms with E-state index in [1.54, 1.807) is 19.1 Å². The van der Waals surface area contributed by atoms with Gasteiger partial charge in [0, 0.05) is 5.92 Å². The van der Waals surface area contributed by atoms with Crippen LogP contribution in [0.2, 0.25) is 0 Å². The minimum Gasteiger partial charge on any atom is -0.460 e. The molecule has 0 atom stereocenters. The monoisotopic (exact) mass is 233 g/mol. The highest BCUT2D eigenvalue weighted by molar-refractivity contribution is 7.15. The molecule has 0 bridgehead atoms. The molecule has 80 valence electrons. The molecule has 5 heteroatoms. The number of carbonyl (C=O) groups is 2. The molecule has 16 heavy (non-hydrogen) atoms. The largest absolute Gasteiger partial charge is 0.460 e. The SMILES string of the molecule is CCOC(=O)C(=O)c1ccc(C#CC#N)s1. The van der Waals surface area contributed by atoms with E-state index in [4.69, 9.17) is 5.26 Å². The lowest BCUT2D eigenvalue weighted by Gasteiger charge is -1.96. The van der Waals surface area contributed by atoms with E-state index in [2.05, 4.69) is 16.6 Å². The number of hydrogen-bond donors (Lipinski definition) is 0. The van der Waals surface area contributed by atoms with Crippen molar-refractivity contribution < 1.29 is 14.3 Å². The van der Waals surface area contributed by atoms with Gasteiger partial charge in [-0.2, -0.15) is 5.26 Å². The molecule has 0 aliphatic carbocycles. The Morgan fingerprint density at radius 1 is 1.50 bits per heavy atom. The van der Waals surface area contributed by atoms with E-state index in [0.29, 0.717) is 4.88 Å². The van der Waals surface area contributed by atoms with Gasteiger partial charge in [0.2, 0.25) is 0 Å². The average Bonchev–Trinajstić information content (AvgIpc) is 2.74. The Balaban J connectivity index is 2.83. The van der Waals surface area contributed by atoms with Crippen LogP contribution in [0.5, 0.6) is 0 Å². The third kappa shape index (κ3) is 2.94. The predicted octanol–water partition coefficient (Wildman–Crippen LogP) is 1.37. The molecule has 0 fully saturated rings. The Kier molecular flexibility index (Phi) is 4.26. The van der Waals surface area contributed by atoms with Crippen LogP contribution >= 0.6 is 11.3 Å². The fourth-order valence-electron chi connectivity index (χ4n) is 0.914. The number of esters is 1. The molecule has 1 aromatic rings. The number of nitriles is 1. The van der Waals surface area contributed by atoms with E-state index in [0.717, 1.165) is 11.3 Å². The number of rotatable bonds is 3. The van der Waals surface area contributed by atoms with Crippen LogP contribution in [0.3, 0.4) is 0 Å². The molecule has 0 spiro atoms. The summed E-state index contributed by atoms with van der Waals surface area (Å²) in [7, 11) is 0. The molecular formula is C11H7NO3S. The molecule has 0 aromatic carbocycles. The zero-order valence-electron chi connectivity index (χ0n) is 8.44. The molecule has 0 unspecified atom stereocenters. The van der Waals surface area contributed by atoms with Gasteiger partial charge in [0.25, 0.3) is 5.78 Å². The maximum atomic E-state index is 11.4. The summed E-state index contributed by atoms with van der Waals surface area (Å²) in [6.07, 6.45) is 0. The summed E-state index contributed by atoms with van der Waals surface area (Å²) in [5.74, 6) is 3.20. The first-order valence-electron chi connectivity index (χ1n) is 4.40. The van der Waals surface area contributed by atoms with Crippen molar-refractivity contribution in [2.24, 2.45) is 0 Å². The van der Waals surface area contributed by atoms with Gasteiger partial charge in [-0.15, -0.1) is 11.3 Å². The van der Waals surface area contributed by atoms with Gasteiger partial charge >= 0.3 is 5.97 Å². The third-order valence-corrected chi connectivity index (χ3v) is 2.53. The van der Waals surface area contributed by atoms with E-state index in [-0.39, 0.29) is 11.5 Å². The zero-order chi connectivity index (χ0) is 12.0. The van der Waals surface area contributed by atoms with Crippen LogP contribution in [0.25, 0.3) is 0 Å². The van der Waals surface area contributed by atoms with Crippen molar-refractivity contribution >= 4 is 23.1 Å². The molecule has 0 saturated carbocycles. The quantitative estimate of drug-likeness (QED) is 0.342. The minimum absolute atomic E-state index is 0.164. The molecule has 0 aliphatic rings. The molecule has 0 N–H and O–H groups in total. The second-order valence-electron chi connectivity index (χ2n) is 2.58. The first-order valence-corrected chi connectivity index (χ1v) is 5.22. The number of hydrogen-bond acceptors (Lipinski definition) is 5. The number of ketones is 1. The van der Waals surface area contributed by atoms with E-state index in [9.17, 15) is 9.59 Å². The number of thiophene rings is 1. The molecular weight excluding hydrogens is 226 g/mol. The fraction of sp³-hybridized carbons (Fsp3) is 0.182. The molecule has 1 aromatic heterocycles. The van der Waals surface area contributed by atoms with Gasteiger partial charge in [-0.3, -0.25) is 4.79 Å². The van der Waals surface area contributed by atoms with Crippen LogP contribution < -0.4 is 0 Å². The predicted molar refractivity (Wildman–Crippen MR) is 57.8 cm³/mol. The highest BCUT2D eigenvalue weighted by Gasteiger charge is 2.18. The van der Waals surface area contributed by atoms with Crippen LogP contribution in [0.15, 0.2) is 12.1 Å². The molecule has 1 rings (SSSR count). The summed E-state index contributed by atoms with van der Waals surface area (Å²) in [5.41, 5.74) is 0. The van der Waals surface area contributed by atoms with Gasteiger partial charge in [-0.1, -0.05) is 0 Å². The Morgan fingerprint density at radius 3 is 2.88 bits per heavy atom. The van der Waals surface area contributed by atoms with Crippen LogP contribution in [0.1, 0.15) is 21.5 Å². The van der Waals surface area contributed by atoms with Crippen molar-refractivity contribution in [1.29, 1.82) is 5.26 Å². The molecule has 0 saturated heterocycles.